The summed E-state index contributed by atoms with van der Waals surface area (Å²) < 4.78 is 24.0. The normalized spacial score (nSPS) is 35.3. The minimum absolute atomic E-state index is 0.00469. The second kappa shape index (κ2) is 4.58. The molecule has 0 aromatic heterocycles. The highest BCUT2D eigenvalue weighted by atomic mass is 19.3. The largest absolute Gasteiger partial charge is 0.386 e. The van der Waals surface area contributed by atoms with Gasteiger partial charge < -0.3 is 10.4 Å². The predicted molar refractivity (Wildman–Crippen MR) is 53.7 cm³/mol. The molecule has 2 N–H and O–H groups in total. The maximum atomic E-state index is 12.0. The standard InChI is InChI=1S/C11H17F2NO/c12-11(13)10(15)6-14-5-9-4-7-1-2-8(9)3-7/h1-2,7-11,14-15H,3-6H2. The Labute approximate surface area is 88.4 Å². The van der Waals surface area contributed by atoms with Gasteiger partial charge in [0.1, 0.15) is 6.10 Å². The molecule has 2 aliphatic rings. The molecule has 1 fully saturated rings. The minimum Gasteiger partial charge on any atom is -0.386 e. The van der Waals surface area contributed by atoms with Crippen molar-refractivity contribution in [2.45, 2.75) is 25.4 Å². The molecule has 0 radical (unpaired) electrons. The fourth-order valence-electron chi connectivity index (χ4n) is 2.64. The van der Waals surface area contributed by atoms with Crippen LogP contribution in [0.1, 0.15) is 12.8 Å². The van der Waals surface area contributed by atoms with Gasteiger partial charge in [0.25, 0.3) is 6.43 Å². The molecule has 1 saturated carbocycles. The third-order valence-corrected chi connectivity index (χ3v) is 3.47. The molecular formula is C11H17F2NO. The molecule has 2 aliphatic carbocycles. The van der Waals surface area contributed by atoms with Gasteiger partial charge in [-0.3, -0.25) is 0 Å². The zero-order valence-corrected chi connectivity index (χ0v) is 8.57. The lowest BCUT2D eigenvalue weighted by molar-refractivity contribution is -0.00371. The van der Waals surface area contributed by atoms with E-state index in [1.165, 1.54) is 12.8 Å². The van der Waals surface area contributed by atoms with Crippen molar-refractivity contribution in [3.63, 3.8) is 0 Å². The van der Waals surface area contributed by atoms with E-state index in [-0.39, 0.29) is 6.54 Å². The van der Waals surface area contributed by atoms with Crippen LogP contribution in [0, 0.1) is 17.8 Å². The number of hydrogen-bond donors (Lipinski definition) is 2. The zero-order valence-electron chi connectivity index (χ0n) is 8.57. The van der Waals surface area contributed by atoms with Crippen LogP contribution in [-0.2, 0) is 0 Å². The molecule has 4 atom stereocenters. The van der Waals surface area contributed by atoms with E-state index >= 15 is 0 Å². The lowest BCUT2D eigenvalue weighted by Crippen LogP contribution is -2.35. The maximum absolute atomic E-state index is 12.0. The van der Waals surface area contributed by atoms with Crippen molar-refractivity contribution in [1.29, 1.82) is 0 Å². The molecule has 2 nitrogen and oxygen atoms in total. The summed E-state index contributed by atoms with van der Waals surface area (Å²) in [4.78, 5) is 0. The molecule has 4 unspecified atom stereocenters. The Bertz CT molecular complexity index is 245. The summed E-state index contributed by atoms with van der Waals surface area (Å²) in [6.45, 7) is 0.741. The van der Waals surface area contributed by atoms with Gasteiger partial charge in [-0.05, 0) is 37.1 Å². The molecule has 0 aromatic carbocycles. The van der Waals surface area contributed by atoms with Crippen LogP contribution in [0.3, 0.4) is 0 Å². The van der Waals surface area contributed by atoms with Crippen LogP contribution in [-0.4, -0.2) is 30.7 Å². The number of aliphatic hydroxyl groups is 1. The van der Waals surface area contributed by atoms with Crippen LogP contribution in [0.2, 0.25) is 0 Å². The number of aliphatic hydroxyl groups excluding tert-OH is 1. The first kappa shape index (κ1) is 11.0. The van der Waals surface area contributed by atoms with Crippen LogP contribution in [0.4, 0.5) is 8.78 Å². The van der Waals surface area contributed by atoms with Crippen LogP contribution >= 0.6 is 0 Å². The highest BCUT2D eigenvalue weighted by Gasteiger charge is 2.35. The number of rotatable bonds is 5. The molecule has 4 heteroatoms. The van der Waals surface area contributed by atoms with E-state index in [0.29, 0.717) is 17.8 Å². The summed E-state index contributed by atoms with van der Waals surface area (Å²) in [6.07, 6.45) is 2.72. The minimum atomic E-state index is -2.64. The van der Waals surface area contributed by atoms with E-state index in [4.69, 9.17) is 5.11 Å². The van der Waals surface area contributed by atoms with E-state index in [2.05, 4.69) is 17.5 Å². The van der Waals surface area contributed by atoms with E-state index in [9.17, 15) is 8.78 Å². The van der Waals surface area contributed by atoms with Crippen LogP contribution < -0.4 is 5.32 Å². The van der Waals surface area contributed by atoms with Crippen molar-refractivity contribution in [1.82, 2.24) is 5.32 Å². The number of fused-ring (bicyclic) bond motifs is 2. The number of hydrogen-bond acceptors (Lipinski definition) is 2. The fraction of sp³-hybridized carbons (Fsp3) is 0.818. The van der Waals surface area contributed by atoms with Crippen molar-refractivity contribution < 1.29 is 13.9 Å². The van der Waals surface area contributed by atoms with Gasteiger partial charge in [0.2, 0.25) is 0 Å². The van der Waals surface area contributed by atoms with Gasteiger partial charge >= 0.3 is 0 Å². The third kappa shape index (κ3) is 2.55. The number of halogens is 2. The third-order valence-electron chi connectivity index (χ3n) is 3.47. The molecule has 2 bridgehead atoms. The zero-order chi connectivity index (χ0) is 10.8. The summed E-state index contributed by atoms with van der Waals surface area (Å²) in [5.74, 6) is 1.91. The first-order valence-electron chi connectivity index (χ1n) is 5.52. The topological polar surface area (TPSA) is 32.3 Å². The van der Waals surface area contributed by atoms with Crippen molar-refractivity contribution in [2.24, 2.45) is 17.8 Å². The second-order valence-corrected chi connectivity index (χ2v) is 4.60. The Morgan fingerprint density at radius 1 is 1.33 bits per heavy atom. The molecule has 2 rings (SSSR count). The summed E-state index contributed by atoms with van der Waals surface area (Å²) >= 11 is 0. The molecule has 0 aliphatic heterocycles. The van der Waals surface area contributed by atoms with E-state index in [1.807, 2.05) is 0 Å². The Kier molecular flexibility index (Phi) is 3.36. The molecule has 0 saturated heterocycles. The summed E-state index contributed by atoms with van der Waals surface area (Å²) in [6, 6.07) is 0. The van der Waals surface area contributed by atoms with Gasteiger partial charge in [-0.25, -0.2) is 8.78 Å². The Morgan fingerprint density at radius 2 is 2.13 bits per heavy atom. The average Bonchev–Trinajstić information content (AvgIpc) is 2.78. The van der Waals surface area contributed by atoms with Gasteiger partial charge in [-0.1, -0.05) is 12.2 Å². The van der Waals surface area contributed by atoms with Crippen molar-refractivity contribution in [3.8, 4) is 0 Å². The van der Waals surface area contributed by atoms with Crippen LogP contribution in [0.15, 0.2) is 12.2 Å². The molecule has 0 heterocycles. The molecule has 0 spiro atoms. The summed E-state index contributed by atoms with van der Waals surface area (Å²) in [7, 11) is 0. The molecule has 86 valence electrons. The first-order chi connectivity index (χ1) is 7.16. The van der Waals surface area contributed by atoms with Crippen molar-refractivity contribution >= 4 is 0 Å². The first-order valence-corrected chi connectivity index (χ1v) is 5.52. The quantitative estimate of drug-likeness (QED) is 0.682. The number of nitrogens with one attached hydrogen (secondary N) is 1. The number of allylic oxidation sites excluding steroid dienone is 2. The Hall–Kier alpha value is -0.480. The van der Waals surface area contributed by atoms with Gasteiger partial charge in [-0.15, -0.1) is 0 Å². The highest BCUT2D eigenvalue weighted by Crippen LogP contribution is 2.42. The van der Waals surface area contributed by atoms with Crippen molar-refractivity contribution in [2.75, 3.05) is 13.1 Å². The molecule has 0 aromatic rings. The maximum Gasteiger partial charge on any atom is 0.265 e. The molecule has 0 amide bonds. The van der Waals surface area contributed by atoms with Gasteiger partial charge in [0, 0.05) is 6.54 Å². The predicted octanol–water partition coefficient (Wildman–Crippen LogP) is 1.41. The van der Waals surface area contributed by atoms with Gasteiger partial charge in [0.15, 0.2) is 0 Å². The lowest BCUT2D eigenvalue weighted by atomic mass is 9.93. The lowest BCUT2D eigenvalue weighted by Gasteiger charge is -2.19. The smallest absolute Gasteiger partial charge is 0.265 e. The molecule has 15 heavy (non-hydrogen) atoms. The fourth-order valence-corrected chi connectivity index (χ4v) is 2.64. The number of alkyl halides is 2. The van der Waals surface area contributed by atoms with Crippen LogP contribution in [0.25, 0.3) is 0 Å². The SMILES string of the molecule is OC(CNCC1CC2C=CC1C2)C(F)F. The Morgan fingerprint density at radius 3 is 2.67 bits per heavy atom. The van der Waals surface area contributed by atoms with Crippen LogP contribution in [0.5, 0.6) is 0 Å². The van der Waals surface area contributed by atoms with E-state index in [1.54, 1.807) is 0 Å². The summed E-state index contributed by atoms with van der Waals surface area (Å²) in [5, 5.41) is 11.8. The average molecular weight is 217 g/mol. The van der Waals surface area contributed by atoms with E-state index in [0.717, 1.165) is 6.54 Å². The van der Waals surface area contributed by atoms with Gasteiger partial charge in [0.05, 0.1) is 0 Å². The van der Waals surface area contributed by atoms with Crippen molar-refractivity contribution in [3.05, 3.63) is 12.2 Å². The second-order valence-electron chi connectivity index (χ2n) is 4.60. The highest BCUT2D eigenvalue weighted by molar-refractivity contribution is 5.10. The molecular weight excluding hydrogens is 200 g/mol. The summed E-state index contributed by atoms with van der Waals surface area (Å²) in [5.41, 5.74) is 0. The monoisotopic (exact) mass is 217 g/mol. The van der Waals surface area contributed by atoms with Gasteiger partial charge in [-0.2, -0.15) is 0 Å². The van der Waals surface area contributed by atoms with E-state index < -0.39 is 12.5 Å². The Balaban J connectivity index is 1.65.